The smallest absolute Gasteiger partial charge is 0.239 e. The van der Waals surface area contributed by atoms with E-state index in [0.29, 0.717) is 18.0 Å². The molecule has 6 nitrogen and oxygen atoms in total. The van der Waals surface area contributed by atoms with Crippen LogP contribution in [-0.4, -0.2) is 36.1 Å². The number of fused-ring (bicyclic) bond motifs is 1. The van der Waals surface area contributed by atoms with Gasteiger partial charge in [-0.25, -0.2) is 0 Å². The van der Waals surface area contributed by atoms with E-state index in [-0.39, 0.29) is 31.2 Å². The molecule has 0 aromatic heterocycles. The van der Waals surface area contributed by atoms with E-state index in [1.165, 1.54) is 26.2 Å². The lowest BCUT2D eigenvalue weighted by Crippen LogP contribution is -2.43. The highest BCUT2D eigenvalue weighted by Gasteiger charge is 2.20. The number of amides is 2. The molecule has 1 saturated carbocycles. The first-order valence-electron chi connectivity index (χ1n) is 8.55. The normalized spacial score (nSPS) is 16.7. The number of hydrogen-bond acceptors (Lipinski definition) is 4. The van der Waals surface area contributed by atoms with E-state index >= 15 is 0 Å². The van der Waals surface area contributed by atoms with Gasteiger partial charge in [-0.15, -0.1) is 0 Å². The Balaban J connectivity index is 1.58. The van der Waals surface area contributed by atoms with Crippen LogP contribution in [0.3, 0.4) is 0 Å². The monoisotopic (exact) mass is 332 g/mol. The number of nitrogens with one attached hydrogen (secondary N) is 1. The topological polar surface area (TPSA) is 67.9 Å². The van der Waals surface area contributed by atoms with Crippen LogP contribution in [0.5, 0.6) is 11.5 Å². The van der Waals surface area contributed by atoms with Crippen molar-refractivity contribution in [2.24, 2.45) is 0 Å². The number of ether oxygens (including phenoxy) is 2. The van der Waals surface area contributed by atoms with Crippen LogP contribution in [0.1, 0.15) is 44.6 Å². The van der Waals surface area contributed by atoms with Crippen LogP contribution in [0.15, 0.2) is 18.2 Å². The van der Waals surface area contributed by atoms with Crippen molar-refractivity contribution in [2.75, 3.05) is 13.3 Å². The second-order valence-electron chi connectivity index (χ2n) is 6.47. The Bertz CT molecular complexity index is 611. The van der Waals surface area contributed by atoms with E-state index in [1.807, 2.05) is 18.2 Å². The van der Waals surface area contributed by atoms with Crippen molar-refractivity contribution in [3.05, 3.63) is 23.8 Å². The maximum atomic E-state index is 12.3. The van der Waals surface area contributed by atoms with E-state index in [4.69, 9.17) is 9.47 Å². The third-order valence-electron chi connectivity index (χ3n) is 4.56. The zero-order valence-electron chi connectivity index (χ0n) is 14.0. The van der Waals surface area contributed by atoms with Crippen LogP contribution in [0.2, 0.25) is 0 Å². The molecule has 2 aliphatic rings. The van der Waals surface area contributed by atoms with Crippen LogP contribution in [0, 0.1) is 0 Å². The van der Waals surface area contributed by atoms with Crippen molar-refractivity contribution >= 4 is 11.8 Å². The number of benzene rings is 1. The fourth-order valence-corrected chi connectivity index (χ4v) is 3.23. The summed E-state index contributed by atoms with van der Waals surface area (Å²) in [5.41, 5.74) is 0.917. The molecule has 0 bridgehead atoms. The molecule has 0 atom stereocenters. The Kier molecular flexibility index (Phi) is 5.23. The molecule has 1 aliphatic carbocycles. The average Bonchev–Trinajstić information content (AvgIpc) is 3.02. The third kappa shape index (κ3) is 4.19. The average molecular weight is 332 g/mol. The maximum absolute atomic E-state index is 12.3. The predicted octanol–water partition coefficient (Wildman–Crippen LogP) is 2.21. The second kappa shape index (κ2) is 7.55. The van der Waals surface area contributed by atoms with E-state index in [9.17, 15) is 9.59 Å². The lowest BCUT2D eigenvalue weighted by molar-refractivity contribution is -0.135. The van der Waals surface area contributed by atoms with Gasteiger partial charge in [0.2, 0.25) is 18.6 Å². The van der Waals surface area contributed by atoms with Gasteiger partial charge >= 0.3 is 0 Å². The minimum absolute atomic E-state index is 0.0836. The number of carbonyl (C=O) groups is 2. The minimum atomic E-state index is -0.119. The molecule has 1 fully saturated rings. The fourth-order valence-electron chi connectivity index (χ4n) is 3.23. The summed E-state index contributed by atoms with van der Waals surface area (Å²) in [5.74, 6) is 1.19. The summed E-state index contributed by atoms with van der Waals surface area (Å²) >= 11 is 0. The maximum Gasteiger partial charge on any atom is 0.239 e. The molecule has 1 aromatic rings. The molecule has 2 amide bonds. The summed E-state index contributed by atoms with van der Waals surface area (Å²) in [5, 5.41) is 3.05. The first-order valence-corrected chi connectivity index (χ1v) is 8.55. The van der Waals surface area contributed by atoms with Gasteiger partial charge in [0.25, 0.3) is 0 Å². The SMILES string of the molecule is CC(=O)N(CC(=O)NC1CCCCC1)Cc1ccc2c(c1)OCO2. The molecule has 0 radical (unpaired) electrons. The number of rotatable bonds is 5. The first-order chi connectivity index (χ1) is 11.6. The summed E-state index contributed by atoms with van der Waals surface area (Å²) < 4.78 is 10.6. The van der Waals surface area contributed by atoms with E-state index < -0.39 is 0 Å². The van der Waals surface area contributed by atoms with Gasteiger partial charge in [-0.2, -0.15) is 0 Å². The zero-order valence-corrected chi connectivity index (χ0v) is 14.0. The highest BCUT2D eigenvalue weighted by Crippen LogP contribution is 2.32. The Morgan fingerprint density at radius 1 is 1.17 bits per heavy atom. The zero-order chi connectivity index (χ0) is 16.9. The van der Waals surface area contributed by atoms with Gasteiger partial charge in [0, 0.05) is 19.5 Å². The Morgan fingerprint density at radius 3 is 2.67 bits per heavy atom. The lowest BCUT2D eigenvalue weighted by Gasteiger charge is -2.25. The van der Waals surface area contributed by atoms with Gasteiger partial charge in [0.05, 0.1) is 6.54 Å². The standard InChI is InChI=1S/C18H24N2O4/c1-13(21)20(11-18(22)19-15-5-3-2-4-6-15)10-14-7-8-16-17(9-14)24-12-23-16/h7-9,15H,2-6,10-12H2,1H3,(H,19,22). The van der Waals surface area contributed by atoms with Gasteiger partial charge < -0.3 is 19.7 Å². The molecule has 6 heteroatoms. The van der Waals surface area contributed by atoms with Gasteiger partial charge in [-0.1, -0.05) is 25.3 Å². The fraction of sp³-hybridized carbons (Fsp3) is 0.556. The van der Waals surface area contributed by atoms with Gasteiger partial charge in [0.15, 0.2) is 11.5 Å². The molecule has 0 unspecified atom stereocenters. The van der Waals surface area contributed by atoms with Crippen molar-refractivity contribution < 1.29 is 19.1 Å². The van der Waals surface area contributed by atoms with Crippen LogP contribution < -0.4 is 14.8 Å². The van der Waals surface area contributed by atoms with Crippen LogP contribution in [0.25, 0.3) is 0 Å². The van der Waals surface area contributed by atoms with E-state index in [1.54, 1.807) is 4.90 Å². The Morgan fingerprint density at radius 2 is 1.92 bits per heavy atom. The predicted molar refractivity (Wildman–Crippen MR) is 88.7 cm³/mol. The van der Waals surface area contributed by atoms with Gasteiger partial charge in [0.1, 0.15) is 0 Å². The first kappa shape index (κ1) is 16.6. The molecular formula is C18H24N2O4. The Hall–Kier alpha value is -2.24. The molecule has 24 heavy (non-hydrogen) atoms. The molecule has 1 aromatic carbocycles. The summed E-state index contributed by atoms with van der Waals surface area (Å²) in [4.78, 5) is 25.7. The highest BCUT2D eigenvalue weighted by atomic mass is 16.7. The molecule has 1 heterocycles. The third-order valence-corrected chi connectivity index (χ3v) is 4.56. The molecular weight excluding hydrogens is 308 g/mol. The van der Waals surface area contributed by atoms with Gasteiger partial charge in [-0.05, 0) is 30.5 Å². The second-order valence-corrected chi connectivity index (χ2v) is 6.47. The number of nitrogens with zero attached hydrogens (tertiary/aromatic N) is 1. The molecule has 130 valence electrons. The molecule has 1 N–H and O–H groups in total. The molecule has 0 saturated heterocycles. The van der Waals surface area contributed by atoms with Crippen molar-refractivity contribution in [1.82, 2.24) is 10.2 Å². The van der Waals surface area contributed by atoms with Gasteiger partial charge in [-0.3, -0.25) is 9.59 Å². The van der Waals surface area contributed by atoms with Crippen molar-refractivity contribution in [3.63, 3.8) is 0 Å². The summed E-state index contributed by atoms with van der Waals surface area (Å²) in [7, 11) is 0. The molecule has 0 spiro atoms. The van der Waals surface area contributed by atoms with E-state index in [2.05, 4.69) is 5.32 Å². The van der Waals surface area contributed by atoms with Crippen molar-refractivity contribution in [2.45, 2.75) is 51.6 Å². The van der Waals surface area contributed by atoms with E-state index in [0.717, 1.165) is 18.4 Å². The largest absolute Gasteiger partial charge is 0.454 e. The highest BCUT2D eigenvalue weighted by molar-refractivity contribution is 5.84. The van der Waals surface area contributed by atoms with Crippen molar-refractivity contribution in [1.29, 1.82) is 0 Å². The van der Waals surface area contributed by atoms with Crippen LogP contribution >= 0.6 is 0 Å². The summed E-state index contributed by atoms with van der Waals surface area (Å²) in [6, 6.07) is 5.84. The minimum Gasteiger partial charge on any atom is -0.454 e. The Labute approximate surface area is 142 Å². The number of carbonyl (C=O) groups excluding carboxylic acids is 2. The summed E-state index contributed by atoms with van der Waals surface area (Å²) in [6.45, 7) is 2.17. The quantitative estimate of drug-likeness (QED) is 0.898. The van der Waals surface area contributed by atoms with Crippen LogP contribution in [-0.2, 0) is 16.1 Å². The summed E-state index contributed by atoms with van der Waals surface area (Å²) in [6.07, 6.45) is 5.65. The van der Waals surface area contributed by atoms with Crippen molar-refractivity contribution in [3.8, 4) is 11.5 Å². The van der Waals surface area contributed by atoms with Crippen LogP contribution in [0.4, 0.5) is 0 Å². The molecule has 3 rings (SSSR count). The molecule has 1 aliphatic heterocycles. The lowest BCUT2D eigenvalue weighted by atomic mass is 9.95. The number of hydrogen-bond donors (Lipinski definition) is 1.